The summed E-state index contributed by atoms with van der Waals surface area (Å²) in [5, 5.41) is 10.5. The molecule has 0 bridgehead atoms. The van der Waals surface area contributed by atoms with E-state index in [1.54, 1.807) is 35.9 Å². The van der Waals surface area contributed by atoms with Crippen molar-refractivity contribution in [2.75, 3.05) is 10.6 Å². The van der Waals surface area contributed by atoms with Crippen LogP contribution in [-0.4, -0.2) is 27.6 Å². The highest BCUT2D eigenvalue weighted by atomic mass is 32.1. The van der Waals surface area contributed by atoms with Gasteiger partial charge < -0.3 is 20.4 Å². The summed E-state index contributed by atoms with van der Waals surface area (Å²) in [4.78, 5) is 32.3. The topological polar surface area (TPSA) is 99.8 Å². The lowest BCUT2D eigenvalue weighted by Gasteiger charge is -2.05. The van der Waals surface area contributed by atoms with Crippen molar-refractivity contribution in [2.45, 2.75) is 6.54 Å². The van der Waals surface area contributed by atoms with E-state index >= 15 is 0 Å². The van der Waals surface area contributed by atoms with Crippen LogP contribution in [0.4, 0.5) is 11.4 Å². The van der Waals surface area contributed by atoms with E-state index in [1.807, 2.05) is 43.2 Å². The molecule has 7 nitrogen and oxygen atoms in total. The number of fused-ring (bicyclic) bond motifs is 1. The zero-order chi connectivity index (χ0) is 23.0. The molecule has 0 radical (unpaired) electrons. The van der Waals surface area contributed by atoms with Crippen molar-refractivity contribution in [1.82, 2.24) is 15.0 Å². The van der Waals surface area contributed by atoms with Crippen molar-refractivity contribution >= 4 is 46.4 Å². The number of H-pyrrole nitrogens is 1. The van der Waals surface area contributed by atoms with Crippen LogP contribution in [-0.2, 0) is 11.3 Å². The number of nitrogens with one attached hydrogen (secondary N) is 3. The van der Waals surface area contributed by atoms with E-state index in [2.05, 4.69) is 43.5 Å². The number of pyridine rings is 1. The number of carbonyl (C=O) groups is 2. The van der Waals surface area contributed by atoms with Crippen molar-refractivity contribution in [3.63, 3.8) is 0 Å². The summed E-state index contributed by atoms with van der Waals surface area (Å²) in [5.74, 6) is 0.599. The molecule has 5 rings (SSSR count). The smallest absolute Gasteiger partial charge is 0.257 e. The maximum Gasteiger partial charge on any atom is 0.257 e. The minimum atomic E-state index is -0.188. The third-order valence-corrected chi connectivity index (χ3v) is 5.63. The number of aromatic nitrogens is 3. The van der Waals surface area contributed by atoms with E-state index in [0.29, 0.717) is 11.3 Å². The predicted octanol–water partition coefficient (Wildman–Crippen LogP) is 5.37. The minimum Gasteiger partial charge on any atom is -0.381 e. The van der Waals surface area contributed by atoms with Gasteiger partial charge in [-0.15, -0.1) is 0 Å². The monoisotopic (exact) mass is 455 g/mol. The summed E-state index contributed by atoms with van der Waals surface area (Å²) in [6.45, 7) is 2.79. The number of amides is 1. The van der Waals surface area contributed by atoms with E-state index in [1.165, 1.54) is 5.56 Å². The number of hydrogen-bond donors (Lipinski definition) is 3. The number of hydrogen-bond acceptors (Lipinski definition) is 6. The first-order valence-corrected chi connectivity index (χ1v) is 11.0. The van der Waals surface area contributed by atoms with Crippen LogP contribution in [0, 0.1) is 0 Å². The summed E-state index contributed by atoms with van der Waals surface area (Å²) < 4.78 is 0. The van der Waals surface area contributed by atoms with Gasteiger partial charge in [-0.05, 0) is 77.0 Å². The van der Waals surface area contributed by atoms with Crippen LogP contribution >= 0.6 is 11.3 Å². The largest absolute Gasteiger partial charge is 0.381 e. The Hall–Kier alpha value is -4.30. The predicted molar refractivity (Wildman–Crippen MR) is 132 cm³/mol. The SMILES string of the molecule is C=O.O=C(Nc1ccc(-c2nc3ccc(NCc4ccsc4)cc3[nH]2)cc1)c1cccnc1. The van der Waals surface area contributed by atoms with E-state index in [4.69, 9.17) is 9.78 Å². The highest BCUT2D eigenvalue weighted by Crippen LogP contribution is 2.24. The molecule has 3 N–H and O–H groups in total. The van der Waals surface area contributed by atoms with Gasteiger partial charge in [-0.25, -0.2) is 4.98 Å². The lowest BCUT2D eigenvalue weighted by molar-refractivity contribution is -0.0980. The maximum absolute atomic E-state index is 12.3. The first-order chi connectivity index (χ1) is 16.2. The molecule has 0 unspecified atom stereocenters. The fourth-order valence-corrected chi connectivity index (χ4v) is 3.93. The number of rotatable bonds is 6. The molecule has 2 aromatic carbocycles. The van der Waals surface area contributed by atoms with Gasteiger partial charge in [0.25, 0.3) is 5.91 Å². The molecule has 0 atom stereocenters. The standard InChI is InChI=1S/C24H19N5OS.CH2O/c30-24(18-2-1-10-25-14-18)27-19-5-3-17(4-6-19)23-28-21-8-7-20(12-22(21)29-23)26-13-16-9-11-31-15-16;1-2/h1-12,14-15,26H,13H2,(H,27,30)(H,28,29);1H2. The summed E-state index contributed by atoms with van der Waals surface area (Å²) in [5.41, 5.74) is 6.38. The Morgan fingerprint density at radius 1 is 1.03 bits per heavy atom. The van der Waals surface area contributed by atoms with E-state index in [-0.39, 0.29) is 5.91 Å². The number of aromatic amines is 1. The zero-order valence-corrected chi connectivity index (χ0v) is 18.4. The quantitative estimate of drug-likeness (QED) is 0.320. The van der Waals surface area contributed by atoms with E-state index < -0.39 is 0 Å². The molecule has 0 aliphatic carbocycles. The first-order valence-electron chi connectivity index (χ1n) is 10.1. The van der Waals surface area contributed by atoms with Crippen LogP contribution in [0.1, 0.15) is 15.9 Å². The third-order valence-electron chi connectivity index (χ3n) is 4.90. The Labute approximate surface area is 194 Å². The van der Waals surface area contributed by atoms with Crippen LogP contribution in [0.2, 0.25) is 0 Å². The maximum atomic E-state index is 12.3. The van der Waals surface area contributed by atoms with Gasteiger partial charge in [0, 0.05) is 35.9 Å². The first kappa shape index (κ1) is 21.9. The van der Waals surface area contributed by atoms with Crippen molar-refractivity contribution in [1.29, 1.82) is 0 Å². The van der Waals surface area contributed by atoms with Gasteiger partial charge in [-0.3, -0.25) is 9.78 Å². The summed E-state index contributed by atoms with van der Waals surface area (Å²) in [7, 11) is 0. The number of imidazole rings is 1. The molecular formula is C25H21N5O2S. The second-order valence-corrected chi connectivity index (χ2v) is 7.86. The molecule has 33 heavy (non-hydrogen) atoms. The van der Waals surface area contributed by atoms with Crippen LogP contribution < -0.4 is 10.6 Å². The van der Waals surface area contributed by atoms with Gasteiger partial charge in [-0.1, -0.05) is 0 Å². The summed E-state index contributed by atoms with van der Waals surface area (Å²) in [6.07, 6.45) is 3.18. The molecule has 0 saturated heterocycles. The highest BCUT2D eigenvalue weighted by Gasteiger charge is 2.09. The molecular weight excluding hydrogens is 434 g/mol. The van der Waals surface area contributed by atoms with Crippen LogP contribution in [0.15, 0.2) is 83.8 Å². The minimum absolute atomic E-state index is 0.188. The Bertz CT molecular complexity index is 1330. The molecule has 3 aromatic heterocycles. The van der Waals surface area contributed by atoms with Gasteiger partial charge in [-0.2, -0.15) is 11.3 Å². The summed E-state index contributed by atoms with van der Waals surface area (Å²) in [6, 6.07) is 19.3. The molecule has 0 aliphatic heterocycles. The van der Waals surface area contributed by atoms with Crippen LogP contribution in [0.5, 0.6) is 0 Å². The van der Waals surface area contributed by atoms with Gasteiger partial charge >= 0.3 is 0 Å². The zero-order valence-electron chi connectivity index (χ0n) is 17.6. The number of anilines is 2. The Kier molecular flexibility index (Phi) is 6.87. The average molecular weight is 456 g/mol. The Morgan fingerprint density at radius 2 is 1.85 bits per heavy atom. The van der Waals surface area contributed by atoms with Crippen molar-refractivity contribution in [2.24, 2.45) is 0 Å². The molecule has 0 spiro atoms. The lowest BCUT2D eigenvalue weighted by Crippen LogP contribution is -2.11. The normalized spacial score (nSPS) is 10.3. The lowest BCUT2D eigenvalue weighted by atomic mass is 10.2. The van der Waals surface area contributed by atoms with Crippen molar-refractivity contribution < 1.29 is 9.59 Å². The molecule has 0 aliphatic rings. The second kappa shape index (κ2) is 10.3. The third kappa shape index (κ3) is 5.31. The average Bonchev–Trinajstić information content (AvgIpc) is 3.55. The molecule has 3 heterocycles. The Balaban J connectivity index is 0.00000126. The number of carbonyl (C=O) groups excluding carboxylic acids is 2. The van der Waals surface area contributed by atoms with Crippen LogP contribution in [0.3, 0.4) is 0 Å². The molecule has 8 heteroatoms. The molecule has 5 aromatic rings. The van der Waals surface area contributed by atoms with Crippen LogP contribution in [0.25, 0.3) is 22.4 Å². The fraction of sp³-hybridized carbons (Fsp3) is 0.0400. The van der Waals surface area contributed by atoms with E-state index in [9.17, 15) is 4.79 Å². The second-order valence-electron chi connectivity index (χ2n) is 7.08. The summed E-state index contributed by atoms with van der Waals surface area (Å²) >= 11 is 1.70. The van der Waals surface area contributed by atoms with Gasteiger partial charge in [0.1, 0.15) is 12.6 Å². The number of benzene rings is 2. The van der Waals surface area contributed by atoms with Crippen molar-refractivity contribution in [3.8, 4) is 11.4 Å². The number of nitrogens with zero attached hydrogens (tertiary/aromatic N) is 2. The molecule has 1 amide bonds. The molecule has 164 valence electrons. The Morgan fingerprint density at radius 3 is 2.58 bits per heavy atom. The molecule has 0 saturated carbocycles. The van der Waals surface area contributed by atoms with Gasteiger partial charge in [0.2, 0.25) is 0 Å². The number of thiophene rings is 1. The fourth-order valence-electron chi connectivity index (χ4n) is 3.27. The highest BCUT2D eigenvalue weighted by molar-refractivity contribution is 7.07. The van der Waals surface area contributed by atoms with Gasteiger partial charge in [0.15, 0.2) is 0 Å². The van der Waals surface area contributed by atoms with Crippen molar-refractivity contribution in [3.05, 3.63) is 94.9 Å². The van der Waals surface area contributed by atoms with E-state index in [0.717, 1.165) is 34.7 Å². The van der Waals surface area contributed by atoms with Gasteiger partial charge in [0.05, 0.1) is 16.6 Å². The molecule has 0 fully saturated rings.